The van der Waals surface area contributed by atoms with Gasteiger partial charge < -0.3 is 10.1 Å². The molecule has 0 saturated heterocycles. The van der Waals surface area contributed by atoms with E-state index in [0.717, 1.165) is 17.7 Å². The predicted molar refractivity (Wildman–Crippen MR) is 82.2 cm³/mol. The van der Waals surface area contributed by atoms with E-state index in [1.807, 2.05) is 31.2 Å². The average molecular weight is 284 g/mol. The third kappa shape index (κ3) is 4.60. The minimum absolute atomic E-state index is 0.103. The molecule has 1 aromatic heterocycles. The zero-order valence-electron chi connectivity index (χ0n) is 12.4. The van der Waals surface area contributed by atoms with Gasteiger partial charge in [0.1, 0.15) is 5.75 Å². The van der Waals surface area contributed by atoms with Crippen molar-refractivity contribution < 1.29 is 9.53 Å². The molecule has 0 aliphatic rings. The summed E-state index contributed by atoms with van der Waals surface area (Å²) in [5, 5.41) is 2.87. The van der Waals surface area contributed by atoms with Crippen LogP contribution >= 0.6 is 0 Å². The van der Waals surface area contributed by atoms with Crippen molar-refractivity contribution in [1.82, 2.24) is 10.3 Å². The molecule has 4 nitrogen and oxygen atoms in total. The van der Waals surface area contributed by atoms with E-state index in [4.69, 9.17) is 4.74 Å². The molecule has 0 radical (unpaired) electrons. The molecular formula is C17H20N2O2. The standard InChI is InChI=1S/C17H20N2O2/c1-3-13(2)21-16-8-6-15(7-9-16)17(20)19-12-14-5-4-10-18-11-14/h4-11,13H,3,12H2,1-2H3,(H,19,20)/t13-/m0/s1. The fraction of sp³-hybridized carbons (Fsp3) is 0.294. The first-order chi connectivity index (χ1) is 10.2. The van der Waals surface area contributed by atoms with E-state index >= 15 is 0 Å². The van der Waals surface area contributed by atoms with Crippen LogP contribution in [0.15, 0.2) is 48.8 Å². The Balaban J connectivity index is 1.90. The second kappa shape index (κ2) is 7.43. The second-order valence-electron chi connectivity index (χ2n) is 4.91. The van der Waals surface area contributed by atoms with E-state index in [1.54, 1.807) is 24.5 Å². The molecule has 21 heavy (non-hydrogen) atoms. The highest BCUT2D eigenvalue weighted by Gasteiger charge is 2.06. The van der Waals surface area contributed by atoms with Crippen LogP contribution in [-0.4, -0.2) is 17.0 Å². The molecule has 0 unspecified atom stereocenters. The topological polar surface area (TPSA) is 51.2 Å². The molecule has 1 aromatic carbocycles. The van der Waals surface area contributed by atoms with E-state index in [-0.39, 0.29) is 12.0 Å². The lowest BCUT2D eigenvalue weighted by molar-refractivity contribution is 0.0951. The van der Waals surface area contributed by atoms with E-state index in [0.29, 0.717) is 12.1 Å². The maximum absolute atomic E-state index is 12.0. The van der Waals surface area contributed by atoms with Gasteiger partial charge in [0.05, 0.1) is 6.10 Å². The van der Waals surface area contributed by atoms with Crippen molar-refractivity contribution in [2.75, 3.05) is 0 Å². The van der Waals surface area contributed by atoms with Crippen LogP contribution in [0.25, 0.3) is 0 Å². The number of pyridine rings is 1. The van der Waals surface area contributed by atoms with Crippen molar-refractivity contribution in [3.8, 4) is 5.75 Å². The van der Waals surface area contributed by atoms with Crippen LogP contribution in [0.4, 0.5) is 0 Å². The average Bonchev–Trinajstić information content (AvgIpc) is 2.54. The molecule has 2 aromatic rings. The Morgan fingerprint density at radius 2 is 2.05 bits per heavy atom. The van der Waals surface area contributed by atoms with Gasteiger partial charge in [-0.3, -0.25) is 9.78 Å². The number of carbonyl (C=O) groups is 1. The van der Waals surface area contributed by atoms with Crippen LogP contribution in [0.3, 0.4) is 0 Å². The first kappa shape index (κ1) is 15.0. The molecule has 0 fully saturated rings. The lowest BCUT2D eigenvalue weighted by Gasteiger charge is -2.12. The van der Waals surface area contributed by atoms with Crippen molar-refractivity contribution in [2.24, 2.45) is 0 Å². The maximum atomic E-state index is 12.0. The van der Waals surface area contributed by atoms with Gasteiger partial charge in [0.2, 0.25) is 0 Å². The summed E-state index contributed by atoms with van der Waals surface area (Å²) < 4.78 is 5.69. The molecule has 110 valence electrons. The Hall–Kier alpha value is -2.36. The van der Waals surface area contributed by atoms with Crippen LogP contribution < -0.4 is 10.1 Å². The highest BCUT2D eigenvalue weighted by molar-refractivity contribution is 5.94. The van der Waals surface area contributed by atoms with Gasteiger partial charge in [-0.15, -0.1) is 0 Å². The smallest absolute Gasteiger partial charge is 0.251 e. The summed E-state index contributed by atoms with van der Waals surface area (Å²) in [7, 11) is 0. The van der Waals surface area contributed by atoms with Gasteiger partial charge in [0, 0.05) is 24.5 Å². The first-order valence-corrected chi connectivity index (χ1v) is 7.13. The largest absolute Gasteiger partial charge is 0.491 e. The zero-order chi connectivity index (χ0) is 15.1. The summed E-state index contributed by atoms with van der Waals surface area (Å²) in [4.78, 5) is 16.1. The third-order valence-corrected chi connectivity index (χ3v) is 3.20. The third-order valence-electron chi connectivity index (χ3n) is 3.20. The fourth-order valence-electron chi connectivity index (χ4n) is 1.79. The SMILES string of the molecule is CC[C@H](C)Oc1ccc(C(=O)NCc2cccnc2)cc1. The van der Waals surface area contributed by atoms with E-state index in [9.17, 15) is 4.79 Å². The van der Waals surface area contributed by atoms with Crippen LogP contribution in [0.2, 0.25) is 0 Å². The van der Waals surface area contributed by atoms with Gasteiger partial charge in [0.25, 0.3) is 5.91 Å². The van der Waals surface area contributed by atoms with E-state index in [1.165, 1.54) is 0 Å². The Kier molecular flexibility index (Phi) is 5.32. The van der Waals surface area contributed by atoms with Gasteiger partial charge in [-0.2, -0.15) is 0 Å². The van der Waals surface area contributed by atoms with Crippen LogP contribution in [0, 0.1) is 0 Å². The summed E-state index contributed by atoms with van der Waals surface area (Å²) in [5.41, 5.74) is 1.60. The number of nitrogens with zero attached hydrogens (tertiary/aromatic N) is 1. The molecule has 0 bridgehead atoms. The molecular weight excluding hydrogens is 264 g/mol. The number of hydrogen-bond donors (Lipinski definition) is 1. The monoisotopic (exact) mass is 284 g/mol. The molecule has 4 heteroatoms. The van der Waals surface area contributed by atoms with Gasteiger partial charge in [0.15, 0.2) is 0 Å². The summed E-state index contributed by atoms with van der Waals surface area (Å²) in [6, 6.07) is 11.0. The molecule has 1 amide bonds. The minimum atomic E-state index is -0.103. The van der Waals surface area contributed by atoms with Crippen LogP contribution in [0.5, 0.6) is 5.75 Å². The Labute approximate surface area is 125 Å². The number of nitrogens with one attached hydrogen (secondary N) is 1. The normalized spacial score (nSPS) is 11.7. The van der Waals surface area contributed by atoms with Crippen molar-refractivity contribution >= 4 is 5.91 Å². The van der Waals surface area contributed by atoms with Gasteiger partial charge in [-0.1, -0.05) is 13.0 Å². The lowest BCUT2D eigenvalue weighted by atomic mass is 10.2. The summed E-state index contributed by atoms with van der Waals surface area (Å²) in [6.45, 7) is 4.57. The number of amides is 1. The molecule has 1 N–H and O–H groups in total. The van der Waals surface area contributed by atoms with Crippen LogP contribution in [-0.2, 0) is 6.54 Å². The summed E-state index contributed by atoms with van der Waals surface area (Å²) >= 11 is 0. The fourth-order valence-corrected chi connectivity index (χ4v) is 1.79. The van der Waals surface area contributed by atoms with Gasteiger partial charge >= 0.3 is 0 Å². The number of ether oxygens (including phenoxy) is 1. The van der Waals surface area contributed by atoms with Crippen molar-refractivity contribution in [2.45, 2.75) is 32.9 Å². The zero-order valence-corrected chi connectivity index (χ0v) is 12.4. The van der Waals surface area contributed by atoms with Gasteiger partial charge in [-0.05, 0) is 49.2 Å². The van der Waals surface area contributed by atoms with Crippen molar-refractivity contribution in [3.63, 3.8) is 0 Å². The number of rotatable bonds is 6. The molecule has 1 atom stereocenters. The first-order valence-electron chi connectivity index (χ1n) is 7.13. The predicted octanol–water partition coefficient (Wildman–Crippen LogP) is 3.19. The molecule has 0 aliphatic carbocycles. The van der Waals surface area contributed by atoms with Crippen LogP contribution in [0.1, 0.15) is 36.2 Å². The Morgan fingerprint density at radius 1 is 1.29 bits per heavy atom. The highest BCUT2D eigenvalue weighted by atomic mass is 16.5. The molecule has 2 rings (SSSR count). The molecule has 1 heterocycles. The van der Waals surface area contributed by atoms with Crippen molar-refractivity contribution in [1.29, 1.82) is 0 Å². The molecule has 0 aliphatic heterocycles. The number of aromatic nitrogens is 1. The summed E-state index contributed by atoms with van der Waals surface area (Å²) in [6.07, 6.45) is 4.58. The lowest BCUT2D eigenvalue weighted by Crippen LogP contribution is -2.22. The van der Waals surface area contributed by atoms with E-state index < -0.39 is 0 Å². The Bertz CT molecular complexity index is 567. The van der Waals surface area contributed by atoms with E-state index in [2.05, 4.69) is 17.2 Å². The minimum Gasteiger partial charge on any atom is -0.491 e. The molecule has 0 saturated carbocycles. The number of carbonyl (C=O) groups excluding carboxylic acids is 1. The summed E-state index contributed by atoms with van der Waals surface area (Å²) in [5.74, 6) is 0.683. The highest BCUT2D eigenvalue weighted by Crippen LogP contribution is 2.15. The number of benzene rings is 1. The maximum Gasteiger partial charge on any atom is 0.251 e. The molecule has 0 spiro atoms. The second-order valence-corrected chi connectivity index (χ2v) is 4.91. The quantitative estimate of drug-likeness (QED) is 0.886. The number of hydrogen-bond acceptors (Lipinski definition) is 3. The van der Waals surface area contributed by atoms with Crippen molar-refractivity contribution in [3.05, 3.63) is 59.9 Å². The van der Waals surface area contributed by atoms with Gasteiger partial charge in [-0.25, -0.2) is 0 Å². The Morgan fingerprint density at radius 3 is 2.67 bits per heavy atom.